The van der Waals surface area contributed by atoms with Crippen molar-refractivity contribution in [2.24, 2.45) is 5.92 Å². The van der Waals surface area contributed by atoms with Gasteiger partial charge in [-0.15, -0.1) is 0 Å². The summed E-state index contributed by atoms with van der Waals surface area (Å²) in [6.07, 6.45) is 2.92. The molecular weight excluding hydrogens is 256 g/mol. The Morgan fingerprint density at radius 3 is 2.85 bits per heavy atom. The van der Waals surface area contributed by atoms with Gasteiger partial charge in [-0.25, -0.2) is 4.79 Å². The highest BCUT2D eigenvalue weighted by Crippen LogP contribution is 2.28. The molecule has 0 unspecified atom stereocenters. The molecule has 0 saturated heterocycles. The van der Waals surface area contributed by atoms with Gasteiger partial charge in [-0.1, -0.05) is 18.6 Å². The van der Waals surface area contributed by atoms with Gasteiger partial charge in [-0.05, 0) is 31.4 Å². The average Bonchev–Trinajstić information content (AvgIpc) is 2.33. The maximum Gasteiger partial charge on any atom is 0.336 e. The van der Waals surface area contributed by atoms with Crippen LogP contribution < -0.4 is 5.63 Å². The Kier molecular flexibility index (Phi) is 3.30. The summed E-state index contributed by atoms with van der Waals surface area (Å²) in [7, 11) is 0. The van der Waals surface area contributed by atoms with E-state index in [4.69, 9.17) is 9.15 Å². The third-order valence-electron chi connectivity index (χ3n) is 3.79. The van der Waals surface area contributed by atoms with Crippen LogP contribution >= 0.6 is 0 Å². The fraction of sp³-hybridized carbons (Fsp3) is 0.375. The number of hydrogen-bond donors (Lipinski definition) is 0. The normalized spacial score (nSPS) is 15.1. The van der Waals surface area contributed by atoms with E-state index in [2.05, 4.69) is 0 Å². The van der Waals surface area contributed by atoms with Crippen molar-refractivity contribution in [3.8, 4) is 0 Å². The van der Waals surface area contributed by atoms with Crippen molar-refractivity contribution in [1.82, 2.24) is 0 Å². The predicted molar refractivity (Wildman–Crippen MR) is 74.4 cm³/mol. The van der Waals surface area contributed by atoms with Crippen LogP contribution in [-0.2, 0) is 16.1 Å². The van der Waals surface area contributed by atoms with E-state index >= 15 is 0 Å². The van der Waals surface area contributed by atoms with Crippen LogP contribution in [0.5, 0.6) is 0 Å². The zero-order valence-corrected chi connectivity index (χ0v) is 11.3. The third-order valence-corrected chi connectivity index (χ3v) is 3.79. The van der Waals surface area contributed by atoms with Crippen molar-refractivity contribution in [3.05, 3.63) is 45.8 Å². The zero-order valence-electron chi connectivity index (χ0n) is 11.3. The van der Waals surface area contributed by atoms with Gasteiger partial charge in [0.1, 0.15) is 12.2 Å². The molecule has 1 aliphatic rings. The lowest BCUT2D eigenvalue weighted by atomic mass is 9.86. The van der Waals surface area contributed by atoms with E-state index in [1.165, 1.54) is 6.07 Å². The van der Waals surface area contributed by atoms with E-state index < -0.39 is 5.63 Å². The largest absolute Gasteiger partial charge is 0.461 e. The molecule has 4 nitrogen and oxygen atoms in total. The Bertz CT molecular complexity index is 710. The monoisotopic (exact) mass is 272 g/mol. The number of rotatable bonds is 3. The Hall–Kier alpha value is -2.10. The quantitative estimate of drug-likeness (QED) is 0.636. The molecule has 3 rings (SSSR count). The summed E-state index contributed by atoms with van der Waals surface area (Å²) in [5, 5.41) is 0.816. The Morgan fingerprint density at radius 1 is 1.35 bits per heavy atom. The van der Waals surface area contributed by atoms with E-state index in [-0.39, 0.29) is 18.5 Å². The number of ether oxygens (including phenoxy) is 1. The highest BCUT2D eigenvalue weighted by atomic mass is 16.5. The topological polar surface area (TPSA) is 56.5 Å². The van der Waals surface area contributed by atoms with Gasteiger partial charge in [0.25, 0.3) is 0 Å². The summed E-state index contributed by atoms with van der Waals surface area (Å²) >= 11 is 0. The number of benzene rings is 1. The second kappa shape index (κ2) is 5.12. The number of carbonyl (C=O) groups excluding carboxylic acids is 1. The van der Waals surface area contributed by atoms with Crippen molar-refractivity contribution in [1.29, 1.82) is 0 Å². The molecule has 1 aromatic heterocycles. The summed E-state index contributed by atoms with van der Waals surface area (Å²) in [6, 6.07) is 7.04. The van der Waals surface area contributed by atoms with E-state index in [1.54, 1.807) is 0 Å². The summed E-state index contributed by atoms with van der Waals surface area (Å²) < 4.78 is 10.5. The van der Waals surface area contributed by atoms with Gasteiger partial charge < -0.3 is 9.15 Å². The molecule has 0 aliphatic heterocycles. The molecule has 0 radical (unpaired) electrons. The van der Waals surface area contributed by atoms with Crippen LogP contribution in [-0.4, -0.2) is 5.97 Å². The minimum absolute atomic E-state index is 0.0450. The van der Waals surface area contributed by atoms with Gasteiger partial charge >= 0.3 is 11.6 Å². The number of fused-ring (bicyclic) bond motifs is 1. The molecular formula is C16H16O4. The van der Waals surface area contributed by atoms with Crippen molar-refractivity contribution >= 4 is 16.9 Å². The maximum absolute atomic E-state index is 11.7. The molecule has 104 valence electrons. The molecule has 0 N–H and O–H groups in total. The molecule has 4 heteroatoms. The minimum atomic E-state index is -0.419. The summed E-state index contributed by atoms with van der Waals surface area (Å²) in [5.41, 5.74) is 1.83. The SMILES string of the molecule is Cc1ccc2c(COC(=O)C3CCC3)cc(=O)oc2c1. The first-order valence-corrected chi connectivity index (χ1v) is 6.83. The summed E-state index contributed by atoms with van der Waals surface area (Å²) in [6.45, 7) is 2.06. The fourth-order valence-corrected chi connectivity index (χ4v) is 2.37. The molecule has 0 spiro atoms. The number of esters is 1. The Morgan fingerprint density at radius 2 is 2.15 bits per heavy atom. The van der Waals surface area contributed by atoms with Crippen LogP contribution in [0.4, 0.5) is 0 Å². The van der Waals surface area contributed by atoms with Crippen molar-refractivity contribution < 1.29 is 13.9 Å². The Balaban J connectivity index is 1.86. The Labute approximate surface area is 116 Å². The molecule has 0 amide bonds. The lowest BCUT2D eigenvalue weighted by Crippen LogP contribution is -2.24. The van der Waals surface area contributed by atoms with Crippen LogP contribution in [0.2, 0.25) is 0 Å². The van der Waals surface area contributed by atoms with Gasteiger partial charge in [-0.3, -0.25) is 4.79 Å². The summed E-state index contributed by atoms with van der Waals surface area (Å²) in [4.78, 5) is 23.3. The van der Waals surface area contributed by atoms with Crippen LogP contribution in [0.25, 0.3) is 11.0 Å². The third kappa shape index (κ3) is 2.46. The molecule has 0 atom stereocenters. The number of carbonyl (C=O) groups is 1. The molecule has 1 saturated carbocycles. The van der Waals surface area contributed by atoms with E-state index in [0.29, 0.717) is 11.1 Å². The van der Waals surface area contributed by atoms with Gasteiger partial charge in [-0.2, -0.15) is 0 Å². The van der Waals surface area contributed by atoms with Crippen molar-refractivity contribution in [2.45, 2.75) is 32.8 Å². The molecule has 1 heterocycles. The molecule has 0 bridgehead atoms. The summed E-state index contributed by atoms with van der Waals surface area (Å²) in [5.74, 6) is -0.117. The highest BCUT2D eigenvalue weighted by Gasteiger charge is 2.26. The lowest BCUT2D eigenvalue weighted by molar-refractivity contribution is -0.152. The first kappa shape index (κ1) is 12.9. The number of hydrogen-bond acceptors (Lipinski definition) is 4. The van der Waals surface area contributed by atoms with E-state index in [9.17, 15) is 9.59 Å². The second-order valence-electron chi connectivity index (χ2n) is 5.33. The lowest BCUT2D eigenvalue weighted by Gasteiger charge is -2.23. The second-order valence-corrected chi connectivity index (χ2v) is 5.33. The van der Waals surface area contributed by atoms with E-state index in [0.717, 1.165) is 30.2 Å². The molecule has 1 fully saturated rings. The van der Waals surface area contributed by atoms with Crippen LogP contribution in [0.15, 0.2) is 33.5 Å². The van der Waals surface area contributed by atoms with Gasteiger partial charge in [0.15, 0.2) is 0 Å². The molecule has 1 aromatic carbocycles. The van der Waals surface area contributed by atoms with Crippen molar-refractivity contribution in [2.75, 3.05) is 0 Å². The van der Waals surface area contributed by atoms with E-state index in [1.807, 2.05) is 25.1 Å². The minimum Gasteiger partial charge on any atom is -0.461 e. The van der Waals surface area contributed by atoms with Crippen LogP contribution in [0.1, 0.15) is 30.4 Å². The van der Waals surface area contributed by atoms with Crippen LogP contribution in [0, 0.1) is 12.8 Å². The molecule has 1 aliphatic carbocycles. The average molecular weight is 272 g/mol. The highest BCUT2D eigenvalue weighted by molar-refractivity contribution is 5.81. The molecule has 20 heavy (non-hydrogen) atoms. The fourth-order valence-electron chi connectivity index (χ4n) is 2.37. The number of aryl methyl sites for hydroxylation is 1. The first-order chi connectivity index (χ1) is 9.63. The maximum atomic E-state index is 11.7. The van der Waals surface area contributed by atoms with Crippen molar-refractivity contribution in [3.63, 3.8) is 0 Å². The molecule has 2 aromatic rings. The van der Waals surface area contributed by atoms with Gasteiger partial charge in [0.2, 0.25) is 0 Å². The van der Waals surface area contributed by atoms with Gasteiger partial charge in [0, 0.05) is 17.0 Å². The van der Waals surface area contributed by atoms with Crippen LogP contribution in [0.3, 0.4) is 0 Å². The zero-order chi connectivity index (χ0) is 14.1. The standard InChI is InChI=1S/C16H16O4/c1-10-5-6-13-12(8-15(17)20-14(13)7-10)9-19-16(18)11-3-2-4-11/h5-8,11H,2-4,9H2,1H3. The predicted octanol–water partition coefficient (Wildman–Crippen LogP) is 2.94. The smallest absolute Gasteiger partial charge is 0.336 e. The first-order valence-electron chi connectivity index (χ1n) is 6.83. The van der Waals surface area contributed by atoms with Gasteiger partial charge in [0.05, 0.1) is 5.92 Å².